The van der Waals surface area contributed by atoms with Crippen LogP contribution in [0.25, 0.3) is 5.69 Å². The lowest BCUT2D eigenvalue weighted by atomic mass is 10.2. The molecular formula is C13H11N3O4. The number of carbonyl (C=O) groups excluding carboxylic acids is 2. The van der Waals surface area contributed by atoms with E-state index >= 15 is 0 Å². The molecule has 2 rings (SSSR count). The summed E-state index contributed by atoms with van der Waals surface area (Å²) in [7, 11) is 0. The molecule has 1 heterocycles. The highest BCUT2D eigenvalue weighted by molar-refractivity contribution is 5.95. The van der Waals surface area contributed by atoms with Gasteiger partial charge in [-0.15, -0.1) is 10.2 Å². The molecule has 7 nitrogen and oxygen atoms in total. The molecule has 7 heteroatoms. The summed E-state index contributed by atoms with van der Waals surface area (Å²) in [6.07, 6.45) is 0. The molecule has 0 saturated carbocycles. The Balaban J connectivity index is 2.27. The Kier molecular flexibility index (Phi) is 3.60. The standard InChI is InChI=1S/C13H11N3O4/c1-8(17)14-15-13(20)9-2-4-10(5-3-9)16-11(18)6-7-12(16)19/h2-7,18-19H,1H3. The van der Waals surface area contributed by atoms with Crippen LogP contribution >= 0.6 is 0 Å². The van der Waals surface area contributed by atoms with Crippen molar-refractivity contribution in [3.05, 3.63) is 42.0 Å². The minimum absolute atomic E-state index is 0.127. The Morgan fingerprint density at radius 3 is 2.00 bits per heavy atom. The molecule has 2 N–H and O–H groups in total. The Morgan fingerprint density at radius 1 is 0.950 bits per heavy atom. The lowest BCUT2D eigenvalue weighted by Crippen LogP contribution is -1.97. The van der Waals surface area contributed by atoms with Gasteiger partial charge in [-0.25, -0.2) is 0 Å². The van der Waals surface area contributed by atoms with Gasteiger partial charge in [0, 0.05) is 24.6 Å². The Hall–Kier alpha value is -2.96. The van der Waals surface area contributed by atoms with Gasteiger partial charge in [-0.1, -0.05) is 0 Å². The van der Waals surface area contributed by atoms with Crippen molar-refractivity contribution in [1.82, 2.24) is 4.57 Å². The van der Waals surface area contributed by atoms with Gasteiger partial charge in [-0.3, -0.25) is 14.2 Å². The smallest absolute Gasteiger partial charge is 0.295 e. The molecule has 0 atom stereocenters. The van der Waals surface area contributed by atoms with Crippen LogP contribution in [0.15, 0.2) is 46.6 Å². The molecule has 1 aromatic carbocycles. The third-order valence-electron chi connectivity index (χ3n) is 2.49. The average Bonchev–Trinajstić information content (AvgIpc) is 2.76. The molecule has 102 valence electrons. The van der Waals surface area contributed by atoms with Crippen molar-refractivity contribution < 1.29 is 19.8 Å². The highest BCUT2D eigenvalue weighted by atomic mass is 16.3. The second kappa shape index (κ2) is 5.35. The van der Waals surface area contributed by atoms with Crippen LogP contribution < -0.4 is 0 Å². The first-order valence-corrected chi connectivity index (χ1v) is 5.66. The van der Waals surface area contributed by atoms with Gasteiger partial charge in [-0.2, -0.15) is 0 Å². The predicted octanol–water partition coefficient (Wildman–Crippen LogP) is 2.03. The van der Waals surface area contributed by atoms with Crippen molar-refractivity contribution >= 4 is 11.8 Å². The van der Waals surface area contributed by atoms with Crippen LogP contribution in [0.4, 0.5) is 0 Å². The van der Waals surface area contributed by atoms with Crippen LogP contribution in [-0.4, -0.2) is 26.6 Å². The van der Waals surface area contributed by atoms with E-state index in [1.165, 1.54) is 47.9 Å². The van der Waals surface area contributed by atoms with Gasteiger partial charge >= 0.3 is 0 Å². The summed E-state index contributed by atoms with van der Waals surface area (Å²) in [6.45, 7) is 1.19. The van der Waals surface area contributed by atoms with Gasteiger partial charge < -0.3 is 10.2 Å². The van der Waals surface area contributed by atoms with E-state index in [0.717, 1.165) is 0 Å². The fourth-order valence-corrected chi connectivity index (χ4v) is 1.61. The van der Waals surface area contributed by atoms with Crippen LogP contribution in [0.2, 0.25) is 0 Å². The maximum absolute atomic E-state index is 11.6. The average molecular weight is 273 g/mol. The first-order valence-electron chi connectivity index (χ1n) is 5.66. The Bertz CT molecular complexity index is 667. The number of carbonyl (C=O) groups is 2. The van der Waals surface area contributed by atoms with E-state index in [9.17, 15) is 19.8 Å². The van der Waals surface area contributed by atoms with Crippen LogP contribution in [0.5, 0.6) is 11.8 Å². The number of hydrogen-bond donors (Lipinski definition) is 2. The highest BCUT2D eigenvalue weighted by Crippen LogP contribution is 2.26. The number of nitrogens with zero attached hydrogens (tertiary/aromatic N) is 3. The fourth-order valence-electron chi connectivity index (χ4n) is 1.61. The third kappa shape index (κ3) is 2.72. The molecule has 0 unspecified atom stereocenters. The van der Waals surface area contributed by atoms with Gasteiger partial charge in [0.1, 0.15) is 0 Å². The lowest BCUT2D eigenvalue weighted by molar-refractivity contribution is -0.116. The summed E-state index contributed by atoms with van der Waals surface area (Å²) < 4.78 is 1.20. The monoisotopic (exact) mass is 273 g/mol. The molecule has 20 heavy (non-hydrogen) atoms. The summed E-state index contributed by atoms with van der Waals surface area (Å²) in [5.41, 5.74) is 0.718. The van der Waals surface area contributed by atoms with Crippen molar-refractivity contribution in [3.8, 4) is 17.4 Å². The summed E-state index contributed by atoms with van der Waals surface area (Å²) in [4.78, 5) is 22.2. The van der Waals surface area contributed by atoms with Crippen molar-refractivity contribution in [2.24, 2.45) is 10.2 Å². The van der Waals surface area contributed by atoms with E-state index in [1.807, 2.05) is 0 Å². The van der Waals surface area contributed by atoms with Crippen molar-refractivity contribution in [3.63, 3.8) is 0 Å². The van der Waals surface area contributed by atoms with Gasteiger partial charge in [0.25, 0.3) is 11.8 Å². The zero-order valence-electron chi connectivity index (χ0n) is 10.5. The normalized spacial score (nSPS) is 10.8. The van der Waals surface area contributed by atoms with E-state index in [2.05, 4.69) is 10.2 Å². The first-order chi connectivity index (χ1) is 9.49. The molecular weight excluding hydrogens is 262 g/mol. The molecule has 0 saturated heterocycles. The van der Waals surface area contributed by atoms with Crippen LogP contribution in [0, 0.1) is 0 Å². The molecule has 0 bridgehead atoms. The van der Waals surface area contributed by atoms with E-state index in [4.69, 9.17) is 0 Å². The molecule has 0 fully saturated rings. The molecule has 2 aromatic rings. The van der Waals surface area contributed by atoms with Crippen LogP contribution in [0.3, 0.4) is 0 Å². The Labute approximate surface area is 113 Å². The number of aromatic nitrogens is 1. The molecule has 0 radical (unpaired) electrons. The lowest BCUT2D eigenvalue weighted by Gasteiger charge is -2.06. The van der Waals surface area contributed by atoms with Gasteiger partial charge in [0.05, 0.1) is 5.69 Å². The number of amides is 2. The molecule has 0 aliphatic carbocycles. The number of aromatic hydroxyl groups is 2. The number of benzene rings is 1. The van der Waals surface area contributed by atoms with Crippen molar-refractivity contribution in [2.75, 3.05) is 0 Å². The topological polar surface area (TPSA) is 104 Å². The van der Waals surface area contributed by atoms with E-state index in [0.29, 0.717) is 5.69 Å². The fraction of sp³-hybridized carbons (Fsp3) is 0.0769. The second-order valence-corrected chi connectivity index (χ2v) is 3.96. The summed E-state index contributed by atoms with van der Waals surface area (Å²) in [6, 6.07) is 8.64. The Morgan fingerprint density at radius 2 is 1.50 bits per heavy atom. The summed E-state index contributed by atoms with van der Waals surface area (Å²) in [5, 5.41) is 25.6. The zero-order chi connectivity index (χ0) is 14.7. The maximum Gasteiger partial charge on any atom is 0.295 e. The minimum atomic E-state index is -0.646. The maximum atomic E-state index is 11.6. The molecule has 1 aromatic heterocycles. The van der Waals surface area contributed by atoms with Gasteiger partial charge in [0.15, 0.2) is 11.8 Å². The van der Waals surface area contributed by atoms with Gasteiger partial charge in [-0.05, 0) is 24.3 Å². The predicted molar refractivity (Wildman–Crippen MR) is 69.0 cm³/mol. The SMILES string of the molecule is CC(=O)N=NC(=O)c1ccc(-n2c(O)ccc2O)cc1. The molecule has 0 aliphatic heterocycles. The largest absolute Gasteiger partial charge is 0.494 e. The molecule has 0 spiro atoms. The van der Waals surface area contributed by atoms with Gasteiger partial charge in [0.2, 0.25) is 0 Å². The third-order valence-corrected chi connectivity index (χ3v) is 2.49. The summed E-state index contributed by atoms with van der Waals surface area (Å²) in [5.74, 6) is -1.46. The minimum Gasteiger partial charge on any atom is -0.494 e. The van der Waals surface area contributed by atoms with E-state index in [-0.39, 0.29) is 17.3 Å². The molecule has 2 amide bonds. The van der Waals surface area contributed by atoms with E-state index < -0.39 is 11.8 Å². The quantitative estimate of drug-likeness (QED) is 0.816. The highest BCUT2D eigenvalue weighted by Gasteiger charge is 2.10. The van der Waals surface area contributed by atoms with Crippen LogP contribution in [0.1, 0.15) is 17.3 Å². The van der Waals surface area contributed by atoms with Crippen LogP contribution in [-0.2, 0) is 4.79 Å². The summed E-state index contributed by atoms with van der Waals surface area (Å²) >= 11 is 0. The molecule has 0 aliphatic rings. The second-order valence-electron chi connectivity index (χ2n) is 3.96. The first kappa shape index (κ1) is 13.5. The number of hydrogen-bond acceptors (Lipinski definition) is 4. The number of rotatable bonds is 2. The van der Waals surface area contributed by atoms with Crippen molar-refractivity contribution in [1.29, 1.82) is 0 Å². The van der Waals surface area contributed by atoms with Crippen molar-refractivity contribution in [2.45, 2.75) is 6.92 Å². The van der Waals surface area contributed by atoms with E-state index in [1.54, 1.807) is 0 Å². The number of azo groups is 1. The zero-order valence-corrected chi connectivity index (χ0v) is 10.5.